The zero-order chi connectivity index (χ0) is 23.4. The fourth-order valence-electron chi connectivity index (χ4n) is 3.83. The number of halogens is 2. The van der Waals surface area contributed by atoms with Gasteiger partial charge in [0.2, 0.25) is 5.95 Å². The number of hydrogen-bond acceptors (Lipinski definition) is 7. The summed E-state index contributed by atoms with van der Waals surface area (Å²) in [7, 11) is 0. The molecule has 0 aliphatic carbocycles. The molecule has 4 heterocycles. The van der Waals surface area contributed by atoms with Crippen LogP contribution in [-0.2, 0) is 4.74 Å². The third-order valence-corrected chi connectivity index (χ3v) is 6.70. The molecular weight excluding hydrogens is 454 g/mol. The largest absolute Gasteiger partial charge is 0.586 e. The van der Waals surface area contributed by atoms with Crippen molar-refractivity contribution in [1.29, 1.82) is 0 Å². The lowest BCUT2D eigenvalue weighted by atomic mass is 9.81. The maximum atomic E-state index is 13.2. The number of allylic oxidation sites excluding steroid dienone is 3. The highest BCUT2D eigenvalue weighted by molar-refractivity contribution is 7.11. The molecule has 2 aliphatic heterocycles. The Kier molecular flexibility index (Phi) is 4.89. The standard InChI is InChI=1S/C22H20F2N4O4S/c1-4-12(9-21(3)5-6-30-11(21)2)19-25-15(10-33-19)18(29)28-20-26-13-7-16-17(8-14(13)27-20)32-22(23,24)31-16/h4,7-8,10H,2,5-6,9H2,1,3H3,(H2,26,27,28,29)/b12-4+. The third-order valence-electron chi connectivity index (χ3n) is 5.78. The number of carbonyl (C=O) groups excluding carboxylic acids is 1. The van der Waals surface area contributed by atoms with Gasteiger partial charge in [0.05, 0.1) is 23.4 Å². The number of hydrogen-bond donors (Lipinski definition) is 2. The van der Waals surface area contributed by atoms with E-state index in [4.69, 9.17) is 4.74 Å². The molecule has 1 fully saturated rings. The van der Waals surface area contributed by atoms with Gasteiger partial charge < -0.3 is 19.2 Å². The fraction of sp³-hybridized carbons (Fsp3) is 0.318. The maximum absolute atomic E-state index is 13.2. The number of anilines is 1. The van der Waals surface area contributed by atoms with Crippen molar-refractivity contribution in [2.24, 2.45) is 5.41 Å². The maximum Gasteiger partial charge on any atom is 0.586 e. The third kappa shape index (κ3) is 3.92. The molecule has 172 valence electrons. The summed E-state index contributed by atoms with van der Waals surface area (Å²) in [6.45, 7) is 8.72. The minimum atomic E-state index is -3.71. The molecule has 1 amide bonds. The smallest absolute Gasteiger partial charge is 0.498 e. The summed E-state index contributed by atoms with van der Waals surface area (Å²) < 4.78 is 40.9. The molecule has 1 saturated heterocycles. The van der Waals surface area contributed by atoms with Crippen LogP contribution in [0.5, 0.6) is 11.5 Å². The van der Waals surface area contributed by atoms with Gasteiger partial charge >= 0.3 is 6.29 Å². The number of amides is 1. The molecule has 0 bridgehead atoms. The second kappa shape index (κ2) is 7.55. The van der Waals surface area contributed by atoms with Crippen molar-refractivity contribution in [3.05, 3.63) is 46.6 Å². The van der Waals surface area contributed by atoms with Gasteiger partial charge in [0.15, 0.2) is 11.5 Å². The van der Waals surface area contributed by atoms with Crippen LogP contribution in [0, 0.1) is 5.41 Å². The van der Waals surface area contributed by atoms with Gasteiger partial charge in [0.25, 0.3) is 5.91 Å². The molecule has 3 aromatic rings. The topological polar surface area (TPSA) is 98.4 Å². The number of rotatable bonds is 5. The van der Waals surface area contributed by atoms with Crippen molar-refractivity contribution in [2.45, 2.75) is 33.0 Å². The van der Waals surface area contributed by atoms with E-state index in [0.717, 1.165) is 22.8 Å². The second-order valence-corrected chi connectivity index (χ2v) is 8.99. The Morgan fingerprint density at radius 1 is 1.33 bits per heavy atom. The Hall–Kier alpha value is -3.47. The average Bonchev–Trinajstić information content (AvgIpc) is 3.50. The number of nitrogens with one attached hydrogen (secondary N) is 2. The van der Waals surface area contributed by atoms with Gasteiger partial charge in [-0.1, -0.05) is 19.6 Å². The highest BCUT2D eigenvalue weighted by Gasteiger charge is 2.43. The lowest BCUT2D eigenvalue weighted by molar-refractivity contribution is -0.286. The van der Waals surface area contributed by atoms with E-state index in [1.807, 2.05) is 13.0 Å². The Morgan fingerprint density at radius 3 is 2.79 bits per heavy atom. The number of aromatic amines is 1. The molecular formula is C22H20F2N4O4S. The van der Waals surface area contributed by atoms with Crippen molar-refractivity contribution < 1.29 is 27.8 Å². The molecule has 0 saturated carbocycles. The zero-order valence-corrected chi connectivity index (χ0v) is 18.6. The van der Waals surface area contributed by atoms with Gasteiger partial charge in [-0.15, -0.1) is 20.1 Å². The van der Waals surface area contributed by atoms with E-state index >= 15 is 0 Å². The number of H-pyrrole nitrogens is 1. The molecule has 8 nitrogen and oxygen atoms in total. The van der Waals surface area contributed by atoms with Crippen LogP contribution in [0.4, 0.5) is 14.7 Å². The van der Waals surface area contributed by atoms with Crippen LogP contribution >= 0.6 is 11.3 Å². The molecule has 1 atom stereocenters. The Labute approximate surface area is 191 Å². The van der Waals surface area contributed by atoms with E-state index in [1.54, 1.807) is 5.38 Å². The van der Waals surface area contributed by atoms with Crippen molar-refractivity contribution in [1.82, 2.24) is 15.0 Å². The lowest BCUT2D eigenvalue weighted by Gasteiger charge is -2.23. The van der Waals surface area contributed by atoms with E-state index in [-0.39, 0.29) is 28.6 Å². The molecule has 2 aromatic heterocycles. The number of fused-ring (bicyclic) bond motifs is 2. The first-order chi connectivity index (χ1) is 15.7. The van der Waals surface area contributed by atoms with Gasteiger partial charge in [-0.25, -0.2) is 9.97 Å². The minimum absolute atomic E-state index is 0.110. The Balaban J connectivity index is 1.31. The van der Waals surface area contributed by atoms with Gasteiger partial charge in [-0.05, 0) is 25.3 Å². The zero-order valence-electron chi connectivity index (χ0n) is 17.8. The number of nitrogens with zero attached hydrogens (tertiary/aromatic N) is 2. The first-order valence-electron chi connectivity index (χ1n) is 10.2. The summed E-state index contributed by atoms with van der Waals surface area (Å²) in [5, 5.41) is 5.08. The number of alkyl halides is 2. The number of benzene rings is 1. The van der Waals surface area contributed by atoms with E-state index in [1.165, 1.54) is 23.5 Å². The summed E-state index contributed by atoms with van der Waals surface area (Å²) >= 11 is 1.38. The van der Waals surface area contributed by atoms with E-state index in [9.17, 15) is 13.6 Å². The van der Waals surface area contributed by atoms with Crippen LogP contribution in [0.3, 0.4) is 0 Å². The summed E-state index contributed by atoms with van der Waals surface area (Å²) in [6, 6.07) is 2.66. The minimum Gasteiger partial charge on any atom is -0.498 e. The molecule has 33 heavy (non-hydrogen) atoms. The van der Waals surface area contributed by atoms with Crippen LogP contribution in [0.2, 0.25) is 0 Å². The summed E-state index contributed by atoms with van der Waals surface area (Å²) in [5.41, 5.74) is 1.85. The van der Waals surface area contributed by atoms with Crippen molar-refractivity contribution >= 4 is 39.8 Å². The van der Waals surface area contributed by atoms with Crippen LogP contribution in [0.15, 0.2) is 35.9 Å². The first-order valence-corrected chi connectivity index (χ1v) is 11.1. The molecule has 2 aliphatic rings. The summed E-state index contributed by atoms with van der Waals surface area (Å²) in [6.07, 6.45) is -0.120. The number of ether oxygens (including phenoxy) is 3. The van der Waals surface area contributed by atoms with E-state index in [2.05, 4.69) is 43.2 Å². The van der Waals surface area contributed by atoms with Gasteiger partial charge in [0, 0.05) is 22.9 Å². The molecule has 11 heteroatoms. The monoisotopic (exact) mass is 474 g/mol. The van der Waals surface area contributed by atoms with Gasteiger partial charge in [-0.2, -0.15) is 0 Å². The first kappa shape index (κ1) is 21.4. The van der Waals surface area contributed by atoms with Crippen molar-refractivity contribution in [2.75, 3.05) is 11.9 Å². The molecule has 5 rings (SSSR count). The number of thiazole rings is 1. The van der Waals surface area contributed by atoms with E-state index < -0.39 is 12.2 Å². The normalized spacial score (nSPS) is 21.5. The van der Waals surface area contributed by atoms with Crippen LogP contribution in [-0.4, -0.2) is 33.8 Å². The molecule has 0 spiro atoms. The number of imidazole rings is 1. The predicted octanol–water partition coefficient (Wildman–Crippen LogP) is 5.33. The fourth-order valence-corrected chi connectivity index (χ4v) is 4.71. The molecule has 1 aromatic carbocycles. The number of aromatic nitrogens is 3. The Morgan fingerprint density at radius 2 is 2.09 bits per heavy atom. The number of carbonyl (C=O) groups is 1. The Bertz CT molecular complexity index is 1270. The van der Waals surface area contributed by atoms with Crippen LogP contribution in [0.25, 0.3) is 16.6 Å². The van der Waals surface area contributed by atoms with Crippen LogP contribution in [0.1, 0.15) is 42.2 Å². The summed E-state index contributed by atoms with van der Waals surface area (Å²) in [4.78, 5) is 24.3. The van der Waals surface area contributed by atoms with Gasteiger partial charge in [-0.3, -0.25) is 10.1 Å². The lowest BCUT2D eigenvalue weighted by Crippen LogP contribution is -2.25. The molecule has 1 unspecified atom stereocenters. The van der Waals surface area contributed by atoms with E-state index in [0.29, 0.717) is 24.1 Å². The van der Waals surface area contributed by atoms with Crippen LogP contribution < -0.4 is 14.8 Å². The van der Waals surface area contributed by atoms with Crippen molar-refractivity contribution in [3.63, 3.8) is 0 Å². The molecule has 0 radical (unpaired) electrons. The highest BCUT2D eigenvalue weighted by Crippen LogP contribution is 2.45. The van der Waals surface area contributed by atoms with Gasteiger partial charge in [0.1, 0.15) is 10.7 Å². The predicted molar refractivity (Wildman–Crippen MR) is 118 cm³/mol. The average molecular weight is 474 g/mol. The van der Waals surface area contributed by atoms with Crippen molar-refractivity contribution in [3.8, 4) is 11.5 Å². The second-order valence-electron chi connectivity index (χ2n) is 8.13. The quantitative estimate of drug-likeness (QED) is 0.519. The highest BCUT2D eigenvalue weighted by atomic mass is 32.1. The SMILES string of the molecule is C=C1OCCC1(C)C/C(=C\C)c1nc(C(=O)Nc2nc3cc4c(cc3[nH]2)OC(F)(F)O4)cs1. The summed E-state index contributed by atoms with van der Waals surface area (Å²) in [5.74, 6) is 0.244. The molecule has 2 N–H and O–H groups in total.